The molecule has 94 valence electrons. The van der Waals surface area contributed by atoms with Gasteiger partial charge in [0.15, 0.2) is 0 Å². The molecule has 16 heavy (non-hydrogen) atoms. The number of hydrogen-bond acceptors (Lipinski definition) is 3. The second-order valence-corrected chi connectivity index (χ2v) is 5.60. The van der Waals surface area contributed by atoms with Crippen molar-refractivity contribution in [2.24, 2.45) is 5.92 Å². The van der Waals surface area contributed by atoms with Gasteiger partial charge in [-0.2, -0.15) is 0 Å². The van der Waals surface area contributed by atoms with Crippen LogP contribution < -0.4 is 5.11 Å². The van der Waals surface area contributed by atoms with E-state index in [4.69, 9.17) is 0 Å². The standard InChI is InChI=1S/C12H23NO3/c1-12(2,3)13(11(15)16)10-7-5-4-6-9(10)8-14/h9-10,14H,4-8H2,1-3H3,(H,15,16)/p-1/t9-,10-/m0/s1. The Hall–Kier alpha value is -0.770. The van der Waals surface area contributed by atoms with Crippen molar-refractivity contribution in [2.45, 2.75) is 58.0 Å². The zero-order valence-electron chi connectivity index (χ0n) is 10.4. The van der Waals surface area contributed by atoms with Crippen molar-refractivity contribution in [2.75, 3.05) is 6.61 Å². The number of rotatable bonds is 2. The molecular weight excluding hydrogens is 206 g/mol. The topological polar surface area (TPSA) is 63.6 Å². The van der Waals surface area contributed by atoms with Gasteiger partial charge in [0.05, 0.1) is 0 Å². The summed E-state index contributed by atoms with van der Waals surface area (Å²) in [6.45, 7) is 5.66. The van der Waals surface area contributed by atoms with Crippen molar-refractivity contribution in [3.8, 4) is 0 Å². The molecule has 0 spiro atoms. The normalized spacial score (nSPS) is 26.5. The number of carbonyl (C=O) groups is 1. The molecule has 4 heteroatoms. The van der Waals surface area contributed by atoms with Crippen LogP contribution in [0.3, 0.4) is 0 Å². The molecule has 1 aliphatic rings. The second-order valence-electron chi connectivity index (χ2n) is 5.60. The average molecular weight is 228 g/mol. The first-order valence-corrected chi connectivity index (χ1v) is 5.99. The molecule has 0 aromatic heterocycles. The highest BCUT2D eigenvalue weighted by Gasteiger charge is 2.35. The fourth-order valence-electron chi connectivity index (χ4n) is 2.65. The van der Waals surface area contributed by atoms with Crippen LogP contribution in [-0.2, 0) is 0 Å². The SMILES string of the molecule is CC(C)(C)N(C(=O)[O-])[C@H]1CCCC[C@H]1CO. The summed E-state index contributed by atoms with van der Waals surface area (Å²) in [4.78, 5) is 12.6. The van der Waals surface area contributed by atoms with Crippen molar-refractivity contribution in [3.63, 3.8) is 0 Å². The van der Waals surface area contributed by atoms with E-state index in [0.29, 0.717) is 0 Å². The molecular formula is C12H22NO3-. The molecule has 2 atom stereocenters. The molecule has 0 bridgehead atoms. The number of aliphatic hydroxyl groups excluding tert-OH is 1. The summed E-state index contributed by atoms with van der Waals surface area (Å²) < 4.78 is 0. The van der Waals surface area contributed by atoms with E-state index < -0.39 is 11.6 Å². The molecule has 4 nitrogen and oxygen atoms in total. The summed E-state index contributed by atoms with van der Waals surface area (Å²) >= 11 is 0. The zero-order valence-corrected chi connectivity index (χ0v) is 10.4. The molecule has 0 aromatic rings. The van der Waals surface area contributed by atoms with E-state index in [2.05, 4.69) is 0 Å². The van der Waals surface area contributed by atoms with E-state index in [1.54, 1.807) is 0 Å². The number of hydrogen-bond donors (Lipinski definition) is 1. The lowest BCUT2D eigenvalue weighted by Crippen LogP contribution is -2.59. The minimum absolute atomic E-state index is 0.0600. The third-order valence-corrected chi connectivity index (χ3v) is 3.35. The molecule has 1 fully saturated rings. The molecule has 1 saturated carbocycles. The highest BCUT2D eigenvalue weighted by atomic mass is 16.4. The summed E-state index contributed by atoms with van der Waals surface area (Å²) in [6, 6.07) is -0.0938. The molecule has 0 saturated heterocycles. The van der Waals surface area contributed by atoms with E-state index in [1.165, 1.54) is 4.90 Å². The third-order valence-electron chi connectivity index (χ3n) is 3.35. The molecule has 1 amide bonds. The molecule has 0 unspecified atom stereocenters. The summed E-state index contributed by atoms with van der Waals surface area (Å²) in [6.07, 6.45) is 2.71. The van der Waals surface area contributed by atoms with Gasteiger partial charge < -0.3 is 19.9 Å². The van der Waals surface area contributed by atoms with E-state index in [1.807, 2.05) is 20.8 Å². The second kappa shape index (κ2) is 5.04. The highest BCUT2D eigenvalue weighted by molar-refractivity contribution is 5.64. The Labute approximate surface area is 97.3 Å². The molecule has 1 N–H and O–H groups in total. The van der Waals surface area contributed by atoms with Crippen LogP contribution in [0.25, 0.3) is 0 Å². The molecule has 0 radical (unpaired) electrons. The minimum atomic E-state index is -1.13. The number of aliphatic hydroxyl groups is 1. The van der Waals surface area contributed by atoms with Gasteiger partial charge in [0.2, 0.25) is 0 Å². The highest BCUT2D eigenvalue weighted by Crippen LogP contribution is 2.32. The van der Waals surface area contributed by atoms with Crippen LogP contribution in [0.5, 0.6) is 0 Å². The lowest BCUT2D eigenvalue weighted by Gasteiger charge is -2.48. The number of carbonyl (C=O) groups excluding carboxylic acids is 1. The van der Waals surface area contributed by atoms with Gasteiger partial charge in [-0.3, -0.25) is 0 Å². The summed E-state index contributed by atoms with van der Waals surface area (Å²) in [5.41, 5.74) is -0.464. The predicted molar refractivity (Wildman–Crippen MR) is 59.8 cm³/mol. The maximum Gasteiger partial charge on any atom is 0.137 e. The first kappa shape index (κ1) is 13.3. The van der Waals surface area contributed by atoms with Gasteiger partial charge in [-0.15, -0.1) is 0 Å². The maximum atomic E-state index is 11.2. The van der Waals surface area contributed by atoms with E-state index in [0.717, 1.165) is 25.7 Å². The van der Waals surface area contributed by atoms with Crippen LogP contribution >= 0.6 is 0 Å². The fraction of sp³-hybridized carbons (Fsp3) is 0.917. The third kappa shape index (κ3) is 2.88. The Kier molecular flexibility index (Phi) is 4.19. The van der Waals surface area contributed by atoms with Crippen LogP contribution in [0.1, 0.15) is 46.5 Å². The van der Waals surface area contributed by atoms with Crippen LogP contribution in [0.15, 0.2) is 0 Å². The first-order valence-electron chi connectivity index (χ1n) is 5.99. The van der Waals surface area contributed by atoms with Gasteiger partial charge in [-0.1, -0.05) is 12.8 Å². The summed E-state index contributed by atoms with van der Waals surface area (Å²) in [5.74, 6) is 0.0610. The van der Waals surface area contributed by atoms with Crippen LogP contribution in [0.2, 0.25) is 0 Å². The van der Waals surface area contributed by atoms with Gasteiger partial charge in [-0.05, 0) is 33.6 Å². The van der Waals surface area contributed by atoms with E-state index in [9.17, 15) is 15.0 Å². The van der Waals surface area contributed by atoms with Gasteiger partial charge in [0, 0.05) is 24.1 Å². The molecule has 1 rings (SSSR count). The summed E-state index contributed by atoms with van der Waals surface area (Å²) in [5, 5.41) is 20.6. The Morgan fingerprint density at radius 1 is 1.38 bits per heavy atom. The van der Waals surface area contributed by atoms with Crippen LogP contribution in [-0.4, -0.2) is 34.3 Å². The number of nitrogens with zero attached hydrogens (tertiary/aromatic N) is 1. The van der Waals surface area contributed by atoms with Crippen molar-refractivity contribution in [1.82, 2.24) is 4.90 Å². The van der Waals surface area contributed by atoms with Crippen molar-refractivity contribution in [1.29, 1.82) is 0 Å². The fourth-order valence-corrected chi connectivity index (χ4v) is 2.65. The monoisotopic (exact) mass is 228 g/mol. The van der Waals surface area contributed by atoms with Crippen LogP contribution in [0.4, 0.5) is 4.79 Å². The minimum Gasteiger partial charge on any atom is -0.530 e. The molecule has 0 aliphatic heterocycles. The van der Waals surface area contributed by atoms with Crippen molar-refractivity contribution >= 4 is 6.09 Å². The Balaban J connectivity index is 2.87. The van der Waals surface area contributed by atoms with Crippen LogP contribution in [0, 0.1) is 5.92 Å². The van der Waals surface area contributed by atoms with Gasteiger partial charge in [0.1, 0.15) is 6.09 Å². The Bertz CT molecular complexity index is 247. The lowest BCUT2D eigenvalue weighted by atomic mass is 9.82. The quantitative estimate of drug-likeness (QED) is 0.766. The molecule has 0 heterocycles. The number of amides is 1. The van der Waals surface area contributed by atoms with Crippen molar-refractivity contribution < 1.29 is 15.0 Å². The Morgan fingerprint density at radius 3 is 2.38 bits per heavy atom. The first-order chi connectivity index (χ1) is 7.38. The number of carboxylic acid groups (broad SMARTS) is 1. The maximum absolute atomic E-state index is 11.2. The van der Waals surface area contributed by atoms with Gasteiger partial charge in [0.25, 0.3) is 0 Å². The average Bonchev–Trinajstić information content (AvgIpc) is 2.15. The predicted octanol–water partition coefficient (Wildman–Crippen LogP) is 0.981. The largest absolute Gasteiger partial charge is 0.530 e. The van der Waals surface area contributed by atoms with Gasteiger partial charge in [-0.25, -0.2) is 0 Å². The smallest absolute Gasteiger partial charge is 0.137 e. The molecule has 0 aromatic carbocycles. The van der Waals surface area contributed by atoms with Gasteiger partial charge >= 0.3 is 0 Å². The van der Waals surface area contributed by atoms with E-state index in [-0.39, 0.29) is 18.6 Å². The lowest BCUT2D eigenvalue weighted by molar-refractivity contribution is -0.275. The van der Waals surface area contributed by atoms with E-state index >= 15 is 0 Å². The molecule has 1 aliphatic carbocycles. The van der Waals surface area contributed by atoms with Crippen molar-refractivity contribution in [3.05, 3.63) is 0 Å². The summed E-state index contributed by atoms with van der Waals surface area (Å²) in [7, 11) is 0. The zero-order chi connectivity index (χ0) is 12.3. The Morgan fingerprint density at radius 2 is 1.94 bits per heavy atom.